The van der Waals surface area contributed by atoms with Gasteiger partial charge in [-0.25, -0.2) is 4.79 Å². The zero-order chi connectivity index (χ0) is 23.9. The molecule has 11 heteroatoms. The Hall–Kier alpha value is -3.21. The Morgan fingerprint density at radius 3 is 2.36 bits per heavy atom. The summed E-state index contributed by atoms with van der Waals surface area (Å²) in [5.74, 6) is -2.69. The van der Waals surface area contributed by atoms with Crippen LogP contribution in [0.15, 0.2) is 49.1 Å². The Balaban J connectivity index is 0.000000383. The van der Waals surface area contributed by atoms with Gasteiger partial charge in [0.05, 0.1) is 30.7 Å². The summed E-state index contributed by atoms with van der Waals surface area (Å²) in [7, 11) is 0. The van der Waals surface area contributed by atoms with E-state index in [4.69, 9.17) is 14.6 Å². The van der Waals surface area contributed by atoms with Crippen LogP contribution < -0.4 is 4.90 Å². The summed E-state index contributed by atoms with van der Waals surface area (Å²) in [4.78, 5) is 34.4. The molecule has 178 valence electrons. The van der Waals surface area contributed by atoms with Crippen LogP contribution in [0.1, 0.15) is 23.2 Å². The van der Waals surface area contributed by atoms with E-state index >= 15 is 0 Å². The van der Waals surface area contributed by atoms with E-state index in [1.807, 2.05) is 29.3 Å². The summed E-state index contributed by atoms with van der Waals surface area (Å²) in [6.45, 7) is 4.65. The van der Waals surface area contributed by atoms with Crippen molar-refractivity contribution in [2.75, 3.05) is 44.3 Å². The molecule has 0 bridgehead atoms. The van der Waals surface area contributed by atoms with Crippen molar-refractivity contribution in [1.29, 1.82) is 0 Å². The third kappa shape index (κ3) is 6.64. The van der Waals surface area contributed by atoms with E-state index in [2.05, 4.69) is 20.9 Å². The lowest BCUT2D eigenvalue weighted by molar-refractivity contribution is -0.192. The highest BCUT2D eigenvalue weighted by atomic mass is 19.4. The summed E-state index contributed by atoms with van der Waals surface area (Å²) in [5, 5.41) is 7.12. The van der Waals surface area contributed by atoms with Gasteiger partial charge in [0, 0.05) is 50.2 Å². The molecule has 2 aliphatic heterocycles. The minimum Gasteiger partial charge on any atom is -0.475 e. The van der Waals surface area contributed by atoms with Crippen molar-refractivity contribution in [2.24, 2.45) is 5.41 Å². The maximum absolute atomic E-state index is 12.9. The second-order valence-electron chi connectivity index (χ2n) is 8.06. The molecule has 1 N–H and O–H groups in total. The average molecular weight is 466 g/mol. The average Bonchev–Trinajstić information content (AvgIpc) is 3.02. The van der Waals surface area contributed by atoms with E-state index in [-0.39, 0.29) is 11.3 Å². The number of carbonyl (C=O) groups excluding carboxylic acids is 1. The first-order valence-electron chi connectivity index (χ1n) is 10.4. The van der Waals surface area contributed by atoms with Gasteiger partial charge in [-0.2, -0.15) is 13.2 Å². The number of rotatable bonds is 2. The molecule has 2 aliphatic rings. The number of hydrogen-bond acceptors (Lipinski definition) is 6. The number of anilines is 1. The topological polar surface area (TPSA) is 95.9 Å². The minimum atomic E-state index is -5.08. The molecule has 8 nitrogen and oxygen atoms in total. The first-order valence-corrected chi connectivity index (χ1v) is 10.4. The fourth-order valence-corrected chi connectivity index (χ4v) is 4.05. The fraction of sp³-hybridized carbons (Fsp3) is 0.455. The number of amides is 1. The van der Waals surface area contributed by atoms with Crippen LogP contribution in [0.4, 0.5) is 18.9 Å². The maximum Gasteiger partial charge on any atom is 0.490 e. The zero-order valence-electron chi connectivity index (χ0n) is 17.9. The molecule has 1 unspecified atom stereocenters. The number of piperidine rings is 1. The van der Waals surface area contributed by atoms with Crippen LogP contribution in [-0.4, -0.2) is 77.4 Å². The van der Waals surface area contributed by atoms with Crippen LogP contribution in [0.3, 0.4) is 0 Å². The molecule has 0 radical (unpaired) electrons. The summed E-state index contributed by atoms with van der Waals surface area (Å²) < 4.78 is 37.7. The molecule has 4 heterocycles. The van der Waals surface area contributed by atoms with Crippen LogP contribution in [0, 0.1) is 5.41 Å². The molecule has 2 aromatic rings. The van der Waals surface area contributed by atoms with Crippen molar-refractivity contribution in [2.45, 2.75) is 19.0 Å². The van der Waals surface area contributed by atoms with Crippen LogP contribution >= 0.6 is 0 Å². The van der Waals surface area contributed by atoms with Crippen LogP contribution in [-0.2, 0) is 9.53 Å². The van der Waals surface area contributed by atoms with Crippen molar-refractivity contribution in [3.63, 3.8) is 0 Å². The Labute approximate surface area is 189 Å². The number of carbonyl (C=O) groups is 2. The number of aromatic nitrogens is 2. The summed E-state index contributed by atoms with van der Waals surface area (Å²) in [6.07, 6.45) is 4.02. The molecule has 2 saturated heterocycles. The van der Waals surface area contributed by atoms with E-state index in [9.17, 15) is 18.0 Å². The minimum absolute atomic E-state index is 0.0392. The lowest BCUT2D eigenvalue weighted by Gasteiger charge is -2.44. The van der Waals surface area contributed by atoms with Crippen LogP contribution in [0.25, 0.3) is 0 Å². The highest BCUT2D eigenvalue weighted by molar-refractivity contribution is 5.94. The summed E-state index contributed by atoms with van der Waals surface area (Å²) >= 11 is 0. The van der Waals surface area contributed by atoms with Gasteiger partial charge in [0.15, 0.2) is 0 Å². The number of hydrogen-bond donors (Lipinski definition) is 1. The van der Waals surface area contributed by atoms with Gasteiger partial charge in [-0.15, -0.1) is 0 Å². The Kier molecular flexibility index (Phi) is 7.85. The molecule has 2 fully saturated rings. The number of halogens is 3. The molecule has 1 atom stereocenters. The summed E-state index contributed by atoms with van der Waals surface area (Å²) in [6, 6.07) is 7.70. The van der Waals surface area contributed by atoms with Crippen molar-refractivity contribution < 1.29 is 32.6 Å². The van der Waals surface area contributed by atoms with Crippen LogP contribution in [0.2, 0.25) is 0 Å². The Morgan fingerprint density at radius 2 is 1.76 bits per heavy atom. The fourth-order valence-electron chi connectivity index (χ4n) is 4.05. The lowest BCUT2D eigenvalue weighted by Crippen LogP contribution is -2.52. The highest BCUT2D eigenvalue weighted by Crippen LogP contribution is 2.35. The first-order chi connectivity index (χ1) is 15.7. The number of likely N-dealkylation sites (tertiary alicyclic amines) is 1. The predicted molar refractivity (Wildman–Crippen MR) is 113 cm³/mol. The summed E-state index contributed by atoms with van der Waals surface area (Å²) in [5.41, 5.74) is 1.74. The van der Waals surface area contributed by atoms with Gasteiger partial charge in [-0.1, -0.05) is 0 Å². The molecule has 1 spiro atoms. The normalized spacial score (nSPS) is 21.1. The molecule has 1 amide bonds. The Bertz CT molecular complexity index is 930. The van der Waals surface area contributed by atoms with E-state index < -0.39 is 12.1 Å². The van der Waals surface area contributed by atoms with Crippen molar-refractivity contribution >= 4 is 17.6 Å². The number of carboxylic acid groups (broad SMARTS) is 1. The van der Waals surface area contributed by atoms with E-state index in [1.165, 1.54) is 0 Å². The van der Waals surface area contributed by atoms with E-state index in [0.29, 0.717) is 18.8 Å². The Morgan fingerprint density at radius 1 is 1.06 bits per heavy atom. The number of pyridine rings is 2. The number of aliphatic carboxylic acids is 1. The predicted octanol–water partition coefficient (Wildman–Crippen LogP) is 2.87. The lowest BCUT2D eigenvalue weighted by atomic mass is 9.79. The van der Waals surface area contributed by atoms with Crippen molar-refractivity contribution in [3.8, 4) is 0 Å². The molecular formula is C22H25F3N4O4. The molecule has 2 aromatic heterocycles. The van der Waals surface area contributed by atoms with Gasteiger partial charge in [-0.3, -0.25) is 14.8 Å². The molecular weight excluding hydrogens is 441 g/mol. The van der Waals surface area contributed by atoms with Gasteiger partial charge in [-0.05, 0) is 37.1 Å². The molecule has 0 saturated carbocycles. The second-order valence-corrected chi connectivity index (χ2v) is 8.06. The SMILES string of the molecule is O=C(O)C(F)(F)F.O=C(c1cccnc1)N1CCCC2(COCCN(c3cccnc3)C2)C1. The molecule has 4 rings (SSSR count). The van der Waals surface area contributed by atoms with Gasteiger partial charge < -0.3 is 19.6 Å². The quantitative estimate of drug-likeness (QED) is 0.727. The monoisotopic (exact) mass is 466 g/mol. The van der Waals surface area contributed by atoms with Gasteiger partial charge in [0.1, 0.15) is 0 Å². The van der Waals surface area contributed by atoms with Crippen molar-refractivity contribution in [1.82, 2.24) is 14.9 Å². The van der Waals surface area contributed by atoms with Crippen molar-refractivity contribution in [3.05, 3.63) is 54.6 Å². The van der Waals surface area contributed by atoms with Gasteiger partial charge in [0.2, 0.25) is 0 Å². The third-order valence-electron chi connectivity index (χ3n) is 5.55. The number of carboxylic acids is 1. The van der Waals surface area contributed by atoms with Gasteiger partial charge >= 0.3 is 12.1 Å². The highest BCUT2D eigenvalue weighted by Gasteiger charge is 2.40. The maximum atomic E-state index is 12.9. The first kappa shape index (κ1) is 24.4. The molecule has 0 aliphatic carbocycles. The number of ether oxygens (including phenoxy) is 1. The van der Waals surface area contributed by atoms with E-state index in [0.717, 1.165) is 44.7 Å². The largest absolute Gasteiger partial charge is 0.490 e. The molecule has 33 heavy (non-hydrogen) atoms. The number of alkyl halides is 3. The number of nitrogens with zero attached hydrogens (tertiary/aromatic N) is 4. The van der Waals surface area contributed by atoms with E-state index in [1.54, 1.807) is 18.6 Å². The zero-order valence-corrected chi connectivity index (χ0v) is 17.9. The smallest absolute Gasteiger partial charge is 0.475 e. The van der Waals surface area contributed by atoms with Crippen LogP contribution in [0.5, 0.6) is 0 Å². The second kappa shape index (κ2) is 10.6. The molecule has 0 aromatic carbocycles. The standard InChI is InChI=1S/C20H24N4O2.C2HF3O2/c25-19(17-4-1-7-21-12-17)24-9-3-6-20(15-24)14-23(10-11-26-16-20)18-5-2-8-22-13-18;3-2(4,5)1(6)7/h1-2,4-5,7-8,12-13H,3,6,9-11,14-16H2;(H,6,7). The van der Waals surface area contributed by atoms with Gasteiger partial charge in [0.25, 0.3) is 5.91 Å². The third-order valence-corrected chi connectivity index (χ3v) is 5.55.